The van der Waals surface area contributed by atoms with Crippen LogP contribution in [0.15, 0.2) is 12.1 Å². The van der Waals surface area contributed by atoms with E-state index < -0.39 is 11.9 Å². The fraction of sp³-hybridized carbons (Fsp3) is 0.500. The SMILES string of the molecule is Cc1ccc(C(C)N(C)C(=O)C(C)C(=O)O)s1. The summed E-state index contributed by atoms with van der Waals surface area (Å²) in [7, 11) is 1.64. The maximum atomic E-state index is 11.9. The zero-order valence-corrected chi connectivity index (χ0v) is 11.2. The van der Waals surface area contributed by atoms with Crippen molar-refractivity contribution in [2.75, 3.05) is 7.05 Å². The van der Waals surface area contributed by atoms with Gasteiger partial charge in [-0.05, 0) is 32.9 Å². The van der Waals surface area contributed by atoms with Gasteiger partial charge in [-0.3, -0.25) is 9.59 Å². The topological polar surface area (TPSA) is 57.6 Å². The van der Waals surface area contributed by atoms with E-state index in [-0.39, 0.29) is 11.9 Å². The van der Waals surface area contributed by atoms with Crippen molar-refractivity contribution in [3.8, 4) is 0 Å². The highest BCUT2D eigenvalue weighted by Crippen LogP contribution is 2.27. The zero-order valence-electron chi connectivity index (χ0n) is 10.4. The van der Waals surface area contributed by atoms with Gasteiger partial charge in [0.05, 0.1) is 6.04 Å². The number of aryl methyl sites for hydroxylation is 1. The Bertz CT molecular complexity index is 427. The van der Waals surface area contributed by atoms with Gasteiger partial charge in [0, 0.05) is 16.8 Å². The van der Waals surface area contributed by atoms with Crippen molar-refractivity contribution < 1.29 is 14.7 Å². The third kappa shape index (κ3) is 3.06. The minimum absolute atomic E-state index is 0.0944. The molecule has 1 aromatic heterocycles. The van der Waals surface area contributed by atoms with E-state index in [9.17, 15) is 9.59 Å². The summed E-state index contributed by atoms with van der Waals surface area (Å²) < 4.78 is 0. The number of carbonyl (C=O) groups is 2. The van der Waals surface area contributed by atoms with Gasteiger partial charge < -0.3 is 10.0 Å². The number of thiophene rings is 1. The van der Waals surface area contributed by atoms with Crippen molar-refractivity contribution in [1.82, 2.24) is 4.90 Å². The number of amides is 1. The predicted molar refractivity (Wildman–Crippen MR) is 67.0 cm³/mol. The zero-order chi connectivity index (χ0) is 13.2. The van der Waals surface area contributed by atoms with Crippen LogP contribution in [0.2, 0.25) is 0 Å². The van der Waals surface area contributed by atoms with Gasteiger partial charge in [-0.15, -0.1) is 11.3 Å². The van der Waals surface area contributed by atoms with E-state index >= 15 is 0 Å². The normalized spacial score (nSPS) is 14.1. The first-order valence-electron chi connectivity index (χ1n) is 5.40. The first kappa shape index (κ1) is 13.7. The molecule has 1 N–H and O–H groups in total. The summed E-state index contributed by atoms with van der Waals surface area (Å²) in [4.78, 5) is 26.4. The van der Waals surface area contributed by atoms with Crippen molar-refractivity contribution in [1.29, 1.82) is 0 Å². The van der Waals surface area contributed by atoms with Crippen LogP contribution < -0.4 is 0 Å². The molecule has 2 unspecified atom stereocenters. The van der Waals surface area contributed by atoms with Crippen LogP contribution >= 0.6 is 11.3 Å². The minimum atomic E-state index is -1.09. The Morgan fingerprint density at radius 2 is 1.94 bits per heavy atom. The predicted octanol–water partition coefficient (Wildman–Crippen LogP) is 2.30. The Balaban J connectivity index is 2.79. The van der Waals surface area contributed by atoms with Gasteiger partial charge >= 0.3 is 5.97 Å². The molecular weight excluding hydrogens is 238 g/mol. The number of carboxylic acid groups (broad SMARTS) is 1. The first-order chi connectivity index (χ1) is 7.84. The van der Waals surface area contributed by atoms with Crippen LogP contribution in [0.4, 0.5) is 0 Å². The number of carboxylic acids is 1. The molecule has 0 fully saturated rings. The number of rotatable bonds is 4. The van der Waals surface area contributed by atoms with E-state index in [1.165, 1.54) is 16.7 Å². The summed E-state index contributed by atoms with van der Waals surface area (Å²) in [6.45, 7) is 5.31. The summed E-state index contributed by atoms with van der Waals surface area (Å²) >= 11 is 1.62. The molecule has 0 aliphatic rings. The molecule has 1 aromatic rings. The van der Waals surface area contributed by atoms with Gasteiger partial charge in [-0.25, -0.2) is 0 Å². The van der Waals surface area contributed by atoms with Crippen LogP contribution in [0.5, 0.6) is 0 Å². The third-order valence-electron chi connectivity index (χ3n) is 2.84. The van der Waals surface area contributed by atoms with E-state index in [4.69, 9.17) is 5.11 Å². The Morgan fingerprint density at radius 1 is 1.35 bits per heavy atom. The lowest BCUT2D eigenvalue weighted by Gasteiger charge is -2.25. The van der Waals surface area contributed by atoms with E-state index in [1.807, 2.05) is 26.0 Å². The monoisotopic (exact) mass is 255 g/mol. The van der Waals surface area contributed by atoms with Gasteiger partial charge in [0.2, 0.25) is 5.91 Å². The molecule has 17 heavy (non-hydrogen) atoms. The van der Waals surface area contributed by atoms with E-state index in [2.05, 4.69) is 0 Å². The number of hydrogen-bond donors (Lipinski definition) is 1. The van der Waals surface area contributed by atoms with Crippen molar-refractivity contribution >= 4 is 23.2 Å². The Labute approximate surface area is 105 Å². The second-order valence-corrected chi connectivity index (χ2v) is 5.45. The fourth-order valence-electron chi connectivity index (χ4n) is 1.47. The van der Waals surface area contributed by atoms with Crippen LogP contribution in [0.3, 0.4) is 0 Å². The molecular formula is C12H17NO3S. The maximum Gasteiger partial charge on any atom is 0.315 e. The van der Waals surface area contributed by atoms with Crippen molar-refractivity contribution in [2.24, 2.45) is 5.92 Å². The van der Waals surface area contributed by atoms with Crippen molar-refractivity contribution in [3.05, 3.63) is 21.9 Å². The molecule has 0 aliphatic heterocycles. The van der Waals surface area contributed by atoms with Crippen LogP contribution in [0.25, 0.3) is 0 Å². The van der Waals surface area contributed by atoms with Crippen LogP contribution in [-0.4, -0.2) is 28.9 Å². The number of aliphatic carboxylic acids is 1. The highest BCUT2D eigenvalue weighted by atomic mass is 32.1. The molecule has 0 bridgehead atoms. The molecule has 1 amide bonds. The van der Waals surface area contributed by atoms with Crippen LogP contribution in [0, 0.1) is 12.8 Å². The maximum absolute atomic E-state index is 11.9. The average Bonchev–Trinajstić information content (AvgIpc) is 2.71. The molecule has 1 heterocycles. The van der Waals surface area contributed by atoms with Gasteiger partial charge in [0.25, 0.3) is 0 Å². The summed E-state index contributed by atoms with van der Waals surface area (Å²) in [5, 5.41) is 8.81. The van der Waals surface area contributed by atoms with Crippen LogP contribution in [-0.2, 0) is 9.59 Å². The number of carbonyl (C=O) groups excluding carboxylic acids is 1. The second kappa shape index (κ2) is 5.31. The smallest absolute Gasteiger partial charge is 0.315 e. The largest absolute Gasteiger partial charge is 0.481 e. The molecule has 1 rings (SSSR count). The summed E-state index contributed by atoms with van der Waals surface area (Å²) in [6, 6.07) is 3.87. The second-order valence-electron chi connectivity index (χ2n) is 4.13. The highest BCUT2D eigenvalue weighted by Gasteiger charge is 2.27. The van der Waals surface area contributed by atoms with E-state index in [1.54, 1.807) is 18.4 Å². The molecule has 0 saturated carbocycles. The molecule has 0 radical (unpaired) electrons. The van der Waals surface area contributed by atoms with E-state index in [0.717, 1.165) is 4.88 Å². The lowest BCUT2D eigenvalue weighted by Crippen LogP contribution is -2.36. The van der Waals surface area contributed by atoms with E-state index in [0.29, 0.717) is 0 Å². The van der Waals surface area contributed by atoms with Gasteiger partial charge in [-0.1, -0.05) is 0 Å². The van der Waals surface area contributed by atoms with Crippen LogP contribution in [0.1, 0.15) is 29.6 Å². The molecule has 0 aliphatic carbocycles. The summed E-state index contributed by atoms with van der Waals surface area (Å²) in [5.74, 6) is -2.45. The first-order valence-corrected chi connectivity index (χ1v) is 6.22. The minimum Gasteiger partial charge on any atom is -0.481 e. The lowest BCUT2D eigenvalue weighted by molar-refractivity contribution is -0.150. The Kier molecular flexibility index (Phi) is 4.28. The molecule has 5 heteroatoms. The highest BCUT2D eigenvalue weighted by molar-refractivity contribution is 7.12. The summed E-state index contributed by atoms with van der Waals surface area (Å²) in [5.41, 5.74) is 0. The Morgan fingerprint density at radius 3 is 2.35 bits per heavy atom. The molecule has 2 atom stereocenters. The van der Waals surface area contributed by atoms with Gasteiger partial charge in [0.1, 0.15) is 5.92 Å². The van der Waals surface area contributed by atoms with Crippen molar-refractivity contribution in [3.63, 3.8) is 0 Å². The summed E-state index contributed by atoms with van der Waals surface area (Å²) in [6.07, 6.45) is 0. The number of nitrogens with zero attached hydrogens (tertiary/aromatic N) is 1. The molecule has 0 aromatic carbocycles. The standard InChI is InChI=1S/C12H17NO3S/c1-7-5-6-10(17-7)9(3)13(4)11(14)8(2)12(15)16/h5-6,8-9H,1-4H3,(H,15,16). The van der Waals surface area contributed by atoms with Gasteiger partial charge in [-0.2, -0.15) is 0 Å². The van der Waals surface area contributed by atoms with Gasteiger partial charge in [0.15, 0.2) is 0 Å². The third-order valence-corrected chi connectivity index (χ3v) is 4.01. The van der Waals surface area contributed by atoms with Crippen molar-refractivity contribution in [2.45, 2.75) is 26.8 Å². The Hall–Kier alpha value is -1.36. The number of hydrogen-bond acceptors (Lipinski definition) is 3. The molecule has 0 spiro atoms. The molecule has 94 valence electrons. The fourth-order valence-corrected chi connectivity index (χ4v) is 2.44. The lowest BCUT2D eigenvalue weighted by atomic mass is 10.1. The quantitative estimate of drug-likeness (QED) is 0.840. The molecule has 4 nitrogen and oxygen atoms in total. The average molecular weight is 255 g/mol. The molecule has 0 saturated heterocycles.